The van der Waals surface area contributed by atoms with Gasteiger partial charge in [-0.1, -0.05) is 24.1 Å². The molecule has 0 atom stereocenters. The normalized spacial score (nSPS) is 15.2. The van der Waals surface area contributed by atoms with Crippen molar-refractivity contribution >= 4 is 40.7 Å². The van der Waals surface area contributed by atoms with E-state index < -0.39 is 8.08 Å². The average Bonchev–Trinajstić information content (AvgIpc) is 3.30. The molecule has 29 heavy (non-hydrogen) atoms. The molecule has 154 valence electrons. The number of nitrogens with zero attached hydrogens (tertiary/aromatic N) is 2. The lowest BCUT2D eigenvalue weighted by Gasteiger charge is -2.09. The van der Waals surface area contributed by atoms with E-state index in [9.17, 15) is 13.2 Å². The minimum Gasteiger partial charge on any atom is -0.496 e. The van der Waals surface area contributed by atoms with E-state index in [1.165, 1.54) is 7.11 Å². The third-order valence-electron chi connectivity index (χ3n) is 4.93. The average molecular weight is 456 g/mol. The molecule has 0 amide bonds. The molecule has 11 heteroatoms. The van der Waals surface area contributed by atoms with Gasteiger partial charge in [-0.15, -0.1) is 0 Å². The minimum absolute atomic E-state index is 0.134. The Bertz CT molecular complexity index is 1220. The highest BCUT2D eigenvalue weighted by Gasteiger charge is 2.25. The van der Waals surface area contributed by atoms with Crippen LogP contribution in [-0.4, -0.2) is 30.7 Å². The number of aromatic nitrogens is 3. The van der Waals surface area contributed by atoms with Crippen LogP contribution in [0.15, 0.2) is 32.4 Å². The fourth-order valence-corrected chi connectivity index (χ4v) is 5.95. The summed E-state index contributed by atoms with van der Waals surface area (Å²) < 4.78 is 33.4. The van der Waals surface area contributed by atoms with Gasteiger partial charge in [0.25, 0.3) is 13.6 Å². The summed E-state index contributed by atoms with van der Waals surface area (Å²) in [4.78, 5) is 20.1. The second-order valence-electron chi connectivity index (χ2n) is 6.88. The monoisotopic (exact) mass is 455 g/mol. The third-order valence-corrected chi connectivity index (χ3v) is 7.34. The summed E-state index contributed by atoms with van der Waals surface area (Å²) in [6.45, 7) is 0. The van der Waals surface area contributed by atoms with Crippen LogP contribution in [0.3, 0.4) is 0 Å². The van der Waals surface area contributed by atoms with Gasteiger partial charge in [-0.05, 0) is 30.5 Å². The molecule has 0 unspecified atom stereocenters. The highest BCUT2D eigenvalue weighted by molar-refractivity contribution is 8.80. The second-order valence-corrected chi connectivity index (χ2v) is 11.9. The number of methoxy groups -OCH3 is 1. The van der Waals surface area contributed by atoms with Crippen LogP contribution in [0.25, 0.3) is 11.1 Å². The van der Waals surface area contributed by atoms with Gasteiger partial charge < -0.3 is 14.2 Å². The van der Waals surface area contributed by atoms with Gasteiger partial charge in [0.2, 0.25) is 5.58 Å². The van der Waals surface area contributed by atoms with Crippen LogP contribution < -0.4 is 10.3 Å². The molecule has 1 aliphatic carbocycles. The van der Waals surface area contributed by atoms with Crippen molar-refractivity contribution in [2.24, 2.45) is 0 Å². The number of hydrogen-bond acceptors (Lipinski definition) is 8. The van der Waals surface area contributed by atoms with Crippen LogP contribution in [-0.2, 0) is 14.5 Å². The van der Waals surface area contributed by atoms with E-state index in [1.54, 1.807) is 18.2 Å². The molecule has 0 spiro atoms. The first-order valence-electron chi connectivity index (χ1n) is 9.03. The lowest BCUT2D eigenvalue weighted by molar-refractivity contribution is 0.404. The second kappa shape index (κ2) is 8.00. The number of halogens is 1. The number of aromatic amines is 1. The van der Waals surface area contributed by atoms with E-state index in [-0.39, 0.29) is 17.1 Å². The smallest absolute Gasteiger partial charge is 0.297 e. The zero-order valence-electron chi connectivity index (χ0n) is 15.5. The topological polar surface area (TPSA) is 115 Å². The predicted molar refractivity (Wildman–Crippen MR) is 110 cm³/mol. The lowest BCUT2D eigenvalue weighted by Crippen LogP contribution is -2.12. The number of benzene rings is 1. The van der Waals surface area contributed by atoms with Gasteiger partial charge in [0.1, 0.15) is 22.8 Å². The summed E-state index contributed by atoms with van der Waals surface area (Å²) in [6, 6.07) is 5.08. The SMILES string of the molecule is COc1ccc(Cc2nc3c(C4CCCC4)noc3c(=O)[nH]2)cc1SS(=O)(=O)Cl. The molecular weight excluding hydrogens is 438 g/mol. The molecule has 2 aromatic heterocycles. The van der Waals surface area contributed by atoms with Crippen LogP contribution in [0.2, 0.25) is 0 Å². The van der Waals surface area contributed by atoms with E-state index in [0.717, 1.165) is 36.9 Å². The van der Waals surface area contributed by atoms with E-state index in [0.29, 0.717) is 39.2 Å². The van der Waals surface area contributed by atoms with Crippen molar-refractivity contribution in [1.29, 1.82) is 0 Å². The van der Waals surface area contributed by atoms with Gasteiger partial charge in [0.05, 0.1) is 12.0 Å². The first-order valence-corrected chi connectivity index (χ1v) is 12.7. The first kappa shape index (κ1) is 20.2. The number of nitrogens with one attached hydrogen (secondary N) is 1. The molecule has 1 saturated carbocycles. The highest BCUT2D eigenvalue weighted by Crippen LogP contribution is 2.37. The summed E-state index contributed by atoms with van der Waals surface area (Å²) in [5, 5.41) is 4.10. The molecule has 0 radical (unpaired) electrons. The van der Waals surface area contributed by atoms with E-state index in [4.69, 9.17) is 19.9 Å². The fourth-order valence-electron chi connectivity index (χ4n) is 3.65. The Hall–Kier alpha value is -2.04. The van der Waals surface area contributed by atoms with Gasteiger partial charge in [-0.2, -0.15) is 0 Å². The van der Waals surface area contributed by atoms with Gasteiger partial charge >= 0.3 is 0 Å². The zero-order chi connectivity index (χ0) is 20.6. The summed E-state index contributed by atoms with van der Waals surface area (Å²) in [5.41, 5.74) is 1.74. The molecule has 2 heterocycles. The van der Waals surface area contributed by atoms with Crippen molar-refractivity contribution in [2.75, 3.05) is 7.11 Å². The van der Waals surface area contributed by atoms with E-state index in [1.807, 2.05) is 0 Å². The van der Waals surface area contributed by atoms with Crippen molar-refractivity contribution in [1.82, 2.24) is 15.1 Å². The Balaban J connectivity index is 1.69. The number of ether oxygens (including phenoxy) is 1. The molecule has 0 aliphatic heterocycles. The molecule has 1 N–H and O–H groups in total. The molecule has 3 aromatic rings. The summed E-state index contributed by atoms with van der Waals surface area (Å²) in [6.07, 6.45) is 4.57. The predicted octanol–water partition coefficient (Wildman–Crippen LogP) is 3.74. The summed E-state index contributed by atoms with van der Waals surface area (Å²) >= 11 is 0. The molecule has 1 aromatic carbocycles. The van der Waals surface area contributed by atoms with E-state index >= 15 is 0 Å². The first-order chi connectivity index (χ1) is 13.8. The van der Waals surface area contributed by atoms with Gasteiger partial charge in [0.15, 0.2) is 0 Å². The maximum atomic E-state index is 12.4. The van der Waals surface area contributed by atoms with Gasteiger partial charge in [0, 0.05) is 33.8 Å². The number of fused-ring (bicyclic) bond motifs is 1. The largest absolute Gasteiger partial charge is 0.496 e. The van der Waals surface area contributed by atoms with Crippen LogP contribution in [0.5, 0.6) is 5.75 Å². The molecule has 1 aliphatic rings. The number of hydrogen-bond donors (Lipinski definition) is 1. The molecule has 1 fully saturated rings. The van der Waals surface area contributed by atoms with Crippen molar-refractivity contribution < 1.29 is 17.7 Å². The van der Waals surface area contributed by atoms with E-state index in [2.05, 4.69) is 15.1 Å². The maximum Gasteiger partial charge on any atom is 0.297 e. The van der Waals surface area contributed by atoms with Gasteiger partial charge in [-0.3, -0.25) is 4.79 Å². The Morgan fingerprint density at radius 2 is 2.10 bits per heavy atom. The summed E-state index contributed by atoms with van der Waals surface area (Å²) in [7, 11) is 3.48. The van der Waals surface area contributed by atoms with Crippen LogP contribution in [0, 0.1) is 0 Å². The Kier molecular flexibility index (Phi) is 5.58. The molecular formula is C18H18ClN3O5S2. The van der Waals surface area contributed by atoms with Crippen LogP contribution in [0.1, 0.15) is 48.7 Å². The molecule has 4 rings (SSSR count). The third kappa shape index (κ3) is 4.44. The quantitative estimate of drug-likeness (QED) is 0.441. The van der Waals surface area contributed by atoms with Crippen molar-refractivity contribution in [3.8, 4) is 5.75 Å². The van der Waals surface area contributed by atoms with Crippen molar-refractivity contribution in [3.05, 3.63) is 45.6 Å². The Morgan fingerprint density at radius 3 is 2.79 bits per heavy atom. The standard InChI is InChI=1S/C18H18ClN3O5S2/c1-26-12-7-6-10(8-13(12)28-29(19,24)25)9-14-20-16-15(11-4-2-3-5-11)22-27-17(16)18(23)21-14/h6-8,11H,2-5,9H2,1H3,(H,20,21,23). The van der Waals surface area contributed by atoms with Crippen molar-refractivity contribution in [2.45, 2.75) is 42.9 Å². The fraction of sp³-hybridized carbons (Fsp3) is 0.389. The summed E-state index contributed by atoms with van der Waals surface area (Å²) in [5.74, 6) is 1.10. The molecule has 0 bridgehead atoms. The minimum atomic E-state index is -3.83. The lowest BCUT2D eigenvalue weighted by atomic mass is 10.0. The maximum absolute atomic E-state index is 12.4. The van der Waals surface area contributed by atoms with Gasteiger partial charge in [-0.25, -0.2) is 13.4 Å². The van der Waals surface area contributed by atoms with Crippen LogP contribution >= 0.6 is 21.5 Å². The number of rotatable bonds is 6. The molecule has 0 saturated heterocycles. The van der Waals surface area contributed by atoms with Crippen LogP contribution in [0.4, 0.5) is 0 Å². The molecule has 8 nitrogen and oxygen atoms in total. The number of H-pyrrole nitrogens is 1. The Labute approximate surface area is 174 Å². The zero-order valence-corrected chi connectivity index (χ0v) is 17.9. The highest BCUT2D eigenvalue weighted by atomic mass is 35.8. The Morgan fingerprint density at radius 1 is 1.34 bits per heavy atom. The van der Waals surface area contributed by atoms with Crippen molar-refractivity contribution in [3.63, 3.8) is 0 Å².